The summed E-state index contributed by atoms with van der Waals surface area (Å²) < 4.78 is 20.3. The molecule has 0 radical (unpaired) electrons. The third-order valence-corrected chi connectivity index (χ3v) is 1.91. The molecular formula is C6H16N2OS. The minimum atomic E-state index is -2.45. The van der Waals surface area contributed by atoms with Gasteiger partial charge in [-0.05, 0) is 6.42 Å². The Hall–Kier alpha value is -0.0900. The Morgan fingerprint density at radius 2 is 2.10 bits per heavy atom. The first-order chi connectivity index (χ1) is 4.56. The Kier molecular flexibility index (Phi) is 4.64. The van der Waals surface area contributed by atoms with E-state index in [1.807, 2.05) is 0 Å². The molecule has 0 aromatic carbocycles. The highest BCUT2D eigenvalue weighted by molar-refractivity contribution is 7.89. The zero-order chi connectivity index (χ0) is 8.04. The number of nitrogens with one attached hydrogen (secondary N) is 2. The van der Waals surface area contributed by atoms with Crippen molar-refractivity contribution in [1.82, 2.24) is 4.72 Å². The predicted molar refractivity (Wildman–Crippen MR) is 44.3 cm³/mol. The highest BCUT2D eigenvalue weighted by Crippen LogP contribution is 1.91. The normalized spacial score (nSPS) is 16.6. The molecule has 2 N–H and O–H groups in total. The van der Waals surface area contributed by atoms with E-state index in [0.717, 1.165) is 19.3 Å². The molecule has 0 aromatic heterocycles. The van der Waals surface area contributed by atoms with Crippen LogP contribution in [0.5, 0.6) is 0 Å². The molecule has 4 heteroatoms. The van der Waals surface area contributed by atoms with Crippen LogP contribution in [-0.2, 0) is 9.92 Å². The Bertz CT molecular complexity index is 163. The number of hydrogen-bond donors (Lipinski definition) is 2. The Labute approximate surface area is 63.3 Å². The lowest BCUT2D eigenvalue weighted by atomic mass is 10.3. The van der Waals surface area contributed by atoms with Gasteiger partial charge >= 0.3 is 0 Å². The van der Waals surface area contributed by atoms with Gasteiger partial charge in [0.15, 0.2) is 0 Å². The molecule has 10 heavy (non-hydrogen) atoms. The van der Waals surface area contributed by atoms with Crippen LogP contribution in [0.1, 0.15) is 26.2 Å². The summed E-state index contributed by atoms with van der Waals surface area (Å²) in [6.45, 7) is 2.82. The molecule has 0 amide bonds. The van der Waals surface area contributed by atoms with Gasteiger partial charge in [-0.15, -0.1) is 0 Å². The van der Waals surface area contributed by atoms with Gasteiger partial charge in [-0.3, -0.25) is 0 Å². The van der Waals surface area contributed by atoms with Crippen molar-refractivity contribution in [3.8, 4) is 0 Å². The summed E-state index contributed by atoms with van der Waals surface area (Å²) >= 11 is 0. The molecule has 62 valence electrons. The van der Waals surface area contributed by atoms with Gasteiger partial charge < -0.3 is 0 Å². The fraction of sp³-hybridized carbons (Fsp3) is 1.00. The van der Waals surface area contributed by atoms with Crippen LogP contribution in [0, 0.1) is 4.78 Å². The third kappa shape index (κ3) is 7.91. The van der Waals surface area contributed by atoms with Crippen LogP contribution >= 0.6 is 0 Å². The summed E-state index contributed by atoms with van der Waals surface area (Å²) in [6, 6.07) is 0. The van der Waals surface area contributed by atoms with Gasteiger partial charge in [0.25, 0.3) is 0 Å². The molecule has 0 aliphatic rings. The lowest BCUT2D eigenvalue weighted by molar-refractivity contribution is 0.652. The standard InChI is InChI=1S/C6H16N2OS/c1-3-4-5-6-8-10(2,7)9/h3-6H2,1-2H3,(H2,7,8,9). The first-order valence-corrected chi connectivity index (χ1v) is 5.51. The van der Waals surface area contributed by atoms with Gasteiger partial charge in [0.1, 0.15) is 9.92 Å². The van der Waals surface area contributed by atoms with Crippen molar-refractivity contribution in [3.63, 3.8) is 0 Å². The third-order valence-electron chi connectivity index (χ3n) is 1.16. The van der Waals surface area contributed by atoms with Gasteiger partial charge in [-0.2, -0.15) is 0 Å². The molecule has 0 aliphatic heterocycles. The second-order valence-corrected chi connectivity index (χ2v) is 4.42. The van der Waals surface area contributed by atoms with E-state index < -0.39 is 9.92 Å². The van der Waals surface area contributed by atoms with Crippen LogP contribution in [0.3, 0.4) is 0 Å². The van der Waals surface area contributed by atoms with Crippen LogP contribution in [0.4, 0.5) is 0 Å². The zero-order valence-electron chi connectivity index (χ0n) is 6.64. The first-order valence-electron chi connectivity index (χ1n) is 3.54. The Morgan fingerprint density at radius 1 is 1.50 bits per heavy atom. The van der Waals surface area contributed by atoms with E-state index in [4.69, 9.17) is 4.78 Å². The average molecular weight is 164 g/mol. The second-order valence-electron chi connectivity index (χ2n) is 2.45. The number of unbranched alkanes of at least 4 members (excludes halogenated alkanes) is 2. The number of hydrogen-bond acceptors (Lipinski definition) is 2. The molecule has 0 aliphatic carbocycles. The monoisotopic (exact) mass is 164 g/mol. The molecule has 0 heterocycles. The van der Waals surface area contributed by atoms with Crippen LogP contribution in [-0.4, -0.2) is 17.0 Å². The lowest BCUT2D eigenvalue weighted by Gasteiger charge is -2.01. The topological polar surface area (TPSA) is 53.0 Å². The summed E-state index contributed by atoms with van der Waals surface area (Å²) in [4.78, 5) is 0. The fourth-order valence-electron chi connectivity index (χ4n) is 0.642. The van der Waals surface area contributed by atoms with E-state index in [9.17, 15) is 4.21 Å². The maximum atomic E-state index is 10.7. The predicted octanol–water partition coefficient (Wildman–Crippen LogP) is 1.36. The molecule has 1 atom stereocenters. The van der Waals surface area contributed by atoms with Gasteiger partial charge in [0.2, 0.25) is 0 Å². The van der Waals surface area contributed by atoms with Crippen molar-refractivity contribution >= 4 is 9.92 Å². The van der Waals surface area contributed by atoms with Crippen LogP contribution in [0.25, 0.3) is 0 Å². The van der Waals surface area contributed by atoms with Crippen molar-refractivity contribution < 1.29 is 4.21 Å². The summed E-state index contributed by atoms with van der Waals surface area (Å²) in [6.07, 6.45) is 4.71. The minimum absolute atomic E-state index is 0.701. The van der Waals surface area contributed by atoms with Crippen LogP contribution in [0.2, 0.25) is 0 Å². The molecule has 0 saturated carbocycles. The molecule has 0 aromatic rings. The van der Waals surface area contributed by atoms with E-state index in [2.05, 4.69) is 11.6 Å². The van der Waals surface area contributed by atoms with Crippen molar-refractivity contribution in [2.45, 2.75) is 26.2 Å². The Morgan fingerprint density at radius 3 is 2.50 bits per heavy atom. The van der Waals surface area contributed by atoms with E-state index in [1.165, 1.54) is 6.26 Å². The maximum Gasteiger partial charge on any atom is 0.102 e. The maximum absolute atomic E-state index is 10.7. The highest BCUT2D eigenvalue weighted by Gasteiger charge is 1.92. The van der Waals surface area contributed by atoms with Crippen LogP contribution in [0.15, 0.2) is 0 Å². The summed E-state index contributed by atoms with van der Waals surface area (Å²) in [7, 11) is -2.45. The van der Waals surface area contributed by atoms with Gasteiger partial charge in [0, 0.05) is 12.8 Å². The smallest absolute Gasteiger partial charge is 0.102 e. The summed E-state index contributed by atoms with van der Waals surface area (Å²) in [5, 5.41) is 0. The molecule has 1 unspecified atom stereocenters. The molecule has 0 fully saturated rings. The SMILES string of the molecule is CCCCCNS(C)(=N)=O. The molecule has 0 spiro atoms. The first kappa shape index (κ1) is 9.91. The van der Waals surface area contributed by atoms with E-state index in [1.54, 1.807) is 0 Å². The highest BCUT2D eigenvalue weighted by atomic mass is 32.2. The van der Waals surface area contributed by atoms with Crippen LogP contribution < -0.4 is 4.72 Å². The van der Waals surface area contributed by atoms with Gasteiger partial charge in [0.05, 0.1) is 0 Å². The quantitative estimate of drug-likeness (QED) is 0.592. The van der Waals surface area contributed by atoms with Crippen molar-refractivity contribution in [2.24, 2.45) is 0 Å². The zero-order valence-corrected chi connectivity index (χ0v) is 7.46. The molecule has 3 nitrogen and oxygen atoms in total. The van der Waals surface area contributed by atoms with Crippen molar-refractivity contribution in [1.29, 1.82) is 4.78 Å². The van der Waals surface area contributed by atoms with Crippen molar-refractivity contribution in [2.75, 3.05) is 12.8 Å². The molecular weight excluding hydrogens is 148 g/mol. The van der Waals surface area contributed by atoms with E-state index >= 15 is 0 Å². The fourth-order valence-corrected chi connectivity index (χ4v) is 1.18. The van der Waals surface area contributed by atoms with E-state index in [-0.39, 0.29) is 0 Å². The average Bonchev–Trinajstić information content (AvgIpc) is 1.78. The van der Waals surface area contributed by atoms with Crippen molar-refractivity contribution in [3.05, 3.63) is 0 Å². The summed E-state index contributed by atoms with van der Waals surface area (Å²) in [5.41, 5.74) is 0. The van der Waals surface area contributed by atoms with Gasteiger partial charge in [-0.25, -0.2) is 13.7 Å². The lowest BCUT2D eigenvalue weighted by Crippen LogP contribution is -2.21. The molecule has 0 bridgehead atoms. The summed E-state index contributed by atoms with van der Waals surface area (Å²) in [5.74, 6) is 0. The van der Waals surface area contributed by atoms with Gasteiger partial charge in [-0.1, -0.05) is 19.8 Å². The minimum Gasteiger partial charge on any atom is -0.241 e. The molecule has 0 saturated heterocycles. The second kappa shape index (κ2) is 4.68. The number of rotatable bonds is 5. The largest absolute Gasteiger partial charge is 0.241 e. The molecule has 0 rings (SSSR count). The Balaban J connectivity index is 3.21. The van der Waals surface area contributed by atoms with E-state index in [0.29, 0.717) is 6.54 Å².